The van der Waals surface area contributed by atoms with Gasteiger partial charge in [-0.25, -0.2) is 4.98 Å². The average Bonchev–Trinajstić information content (AvgIpc) is 2.27. The normalized spacial score (nSPS) is 10.3. The number of nitrogens with zero attached hydrogens (tertiary/aromatic N) is 1. The SMILES string of the molecule is Cc1cc(Br)ccc1Oc1ccc(N)c(C)n1. The molecule has 0 aliphatic heterocycles. The van der Waals surface area contributed by atoms with Crippen molar-refractivity contribution in [2.75, 3.05) is 5.73 Å². The first-order chi connectivity index (χ1) is 8.06. The van der Waals surface area contributed by atoms with Crippen molar-refractivity contribution in [2.24, 2.45) is 0 Å². The third-order valence-electron chi connectivity index (χ3n) is 2.45. The summed E-state index contributed by atoms with van der Waals surface area (Å²) in [7, 11) is 0. The third-order valence-corrected chi connectivity index (χ3v) is 2.95. The molecule has 0 radical (unpaired) electrons. The van der Waals surface area contributed by atoms with Crippen LogP contribution in [-0.2, 0) is 0 Å². The van der Waals surface area contributed by atoms with Crippen LogP contribution in [0.15, 0.2) is 34.8 Å². The molecule has 0 aliphatic carbocycles. The average molecular weight is 293 g/mol. The molecular formula is C13H13BrN2O. The number of rotatable bonds is 2. The van der Waals surface area contributed by atoms with Crippen molar-refractivity contribution < 1.29 is 4.74 Å². The minimum atomic E-state index is 0.558. The molecule has 17 heavy (non-hydrogen) atoms. The summed E-state index contributed by atoms with van der Waals surface area (Å²) >= 11 is 3.42. The van der Waals surface area contributed by atoms with Crippen molar-refractivity contribution in [3.8, 4) is 11.6 Å². The predicted octanol–water partition coefficient (Wildman–Crippen LogP) is 3.84. The Balaban J connectivity index is 2.28. The van der Waals surface area contributed by atoms with E-state index in [4.69, 9.17) is 10.5 Å². The number of benzene rings is 1. The van der Waals surface area contributed by atoms with Crippen LogP contribution in [-0.4, -0.2) is 4.98 Å². The number of pyridine rings is 1. The number of aromatic nitrogens is 1. The van der Waals surface area contributed by atoms with Crippen LogP contribution < -0.4 is 10.5 Å². The summed E-state index contributed by atoms with van der Waals surface area (Å²) in [4.78, 5) is 4.27. The fourth-order valence-corrected chi connectivity index (χ4v) is 1.92. The molecule has 88 valence electrons. The quantitative estimate of drug-likeness (QED) is 0.915. The van der Waals surface area contributed by atoms with Crippen molar-refractivity contribution in [3.63, 3.8) is 0 Å². The molecule has 0 aliphatic rings. The molecule has 0 amide bonds. The van der Waals surface area contributed by atoms with Crippen LogP contribution in [0.1, 0.15) is 11.3 Å². The molecule has 0 saturated heterocycles. The fourth-order valence-electron chi connectivity index (χ4n) is 1.45. The molecule has 0 saturated carbocycles. The Morgan fingerprint density at radius 3 is 2.59 bits per heavy atom. The molecule has 1 aromatic heterocycles. The van der Waals surface area contributed by atoms with Gasteiger partial charge in [0.15, 0.2) is 0 Å². The monoisotopic (exact) mass is 292 g/mol. The molecule has 1 aromatic carbocycles. The Bertz CT molecular complexity index is 555. The Morgan fingerprint density at radius 2 is 1.94 bits per heavy atom. The highest BCUT2D eigenvalue weighted by molar-refractivity contribution is 9.10. The molecule has 2 N–H and O–H groups in total. The number of hydrogen-bond donors (Lipinski definition) is 1. The van der Waals surface area contributed by atoms with E-state index in [0.29, 0.717) is 11.6 Å². The number of nitrogen functional groups attached to an aromatic ring is 1. The maximum Gasteiger partial charge on any atom is 0.219 e. The van der Waals surface area contributed by atoms with Crippen molar-refractivity contribution in [1.82, 2.24) is 4.98 Å². The van der Waals surface area contributed by atoms with Gasteiger partial charge in [0.25, 0.3) is 0 Å². The van der Waals surface area contributed by atoms with Crippen LogP contribution in [0.25, 0.3) is 0 Å². The van der Waals surface area contributed by atoms with Gasteiger partial charge in [0, 0.05) is 10.5 Å². The Hall–Kier alpha value is -1.55. The first-order valence-electron chi connectivity index (χ1n) is 5.23. The van der Waals surface area contributed by atoms with Gasteiger partial charge in [-0.2, -0.15) is 0 Å². The third kappa shape index (κ3) is 2.77. The van der Waals surface area contributed by atoms with Crippen LogP contribution in [0, 0.1) is 13.8 Å². The number of aryl methyl sites for hydroxylation is 2. The lowest BCUT2D eigenvalue weighted by molar-refractivity contribution is 0.458. The summed E-state index contributed by atoms with van der Waals surface area (Å²) in [6.07, 6.45) is 0. The summed E-state index contributed by atoms with van der Waals surface area (Å²) in [6, 6.07) is 9.41. The second kappa shape index (κ2) is 4.75. The molecule has 4 heteroatoms. The first kappa shape index (κ1) is 11.9. The van der Waals surface area contributed by atoms with Crippen LogP contribution in [0.2, 0.25) is 0 Å². The topological polar surface area (TPSA) is 48.1 Å². The van der Waals surface area contributed by atoms with E-state index in [1.165, 1.54) is 0 Å². The maximum absolute atomic E-state index is 5.71. The highest BCUT2D eigenvalue weighted by Crippen LogP contribution is 2.27. The number of ether oxygens (including phenoxy) is 1. The van der Waals surface area contributed by atoms with Gasteiger partial charge in [-0.05, 0) is 43.7 Å². The summed E-state index contributed by atoms with van der Waals surface area (Å²) in [6.45, 7) is 3.85. The van der Waals surface area contributed by atoms with Gasteiger partial charge < -0.3 is 10.5 Å². The largest absolute Gasteiger partial charge is 0.439 e. The molecule has 1 heterocycles. The van der Waals surface area contributed by atoms with E-state index in [1.54, 1.807) is 12.1 Å². The summed E-state index contributed by atoms with van der Waals surface area (Å²) < 4.78 is 6.74. The summed E-state index contributed by atoms with van der Waals surface area (Å²) in [5.74, 6) is 1.35. The zero-order valence-electron chi connectivity index (χ0n) is 9.70. The Morgan fingerprint density at radius 1 is 1.18 bits per heavy atom. The maximum atomic E-state index is 5.71. The fraction of sp³-hybridized carbons (Fsp3) is 0.154. The lowest BCUT2D eigenvalue weighted by Gasteiger charge is -2.09. The lowest BCUT2D eigenvalue weighted by Crippen LogP contribution is -1.96. The first-order valence-corrected chi connectivity index (χ1v) is 6.02. The van der Waals surface area contributed by atoms with E-state index in [2.05, 4.69) is 20.9 Å². The lowest BCUT2D eigenvalue weighted by atomic mass is 10.2. The minimum Gasteiger partial charge on any atom is -0.439 e. The van der Waals surface area contributed by atoms with Crippen molar-refractivity contribution in [3.05, 3.63) is 46.1 Å². The van der Waals surface area contributed by atoms with E-state index < -0.39 is 0 Å². The van der Waals surface area contributed by atoms with Crippen LogP contribution in [0.4, 0.5) is 5.69 Å². The number of anilines is 1. The van der Waals surface area contributed by atoms with Gasteiger partial charge >= 0.3 is 0 Å². The second-order valence-corrected chi connectivity index (χ2v) is 4.75. The smallest absolute Gasteiger partial charge is 0.219 e. The van der Waals surface area contributed by atoms with Gasteiger partial charge in [-0.1, -0.05) is 15.9 Å². The zero-order chi connectivity index (χ0) is 12.4. The number of hydrogen-bond acceptors (Lipinski definition) is 3. The minimum absolute atomic E-state index is 0.558. The van der Waals surface area contributed by atoms with E-state index in [0.717, 1.165) is 21.5 Å². The highest BCUT2D eigenvalue weighted by Gasteiger charge is 2.04. The molecule has 0 fully saturated rings. The molecule has 2 rings (SSSR count). The van der Waals surface area contributed by atoms with Crippen molar-refractivity contribution in [1.29, 1.82) is 0 Å². The highest BCUT2D eigenvalue weighted by atomic mass is 79.9. The number of nitrogens with two attached hydrogens (primary N) is 1. The van der Waals surface area contributed by atoms with Gasteiger partial charge in [-0.15, -0.1) is 0 Å². The molecule has 0 bridgehead atoms. The van der Waals surface area contributed by atoms with Crippen molar-refractivity contribution >= 4 is 21.6 Å². The molecule has 3 nitrogen and oxygen atoms in total. The number of halogens is 1. The van der Waals surface area contributed by atoms with Crippen LogP contribution >= 0.6 is 15.9 Å². The van der Waals surface area contributed by atoms with E-state index in [1.807, 2.05) is 32.0 Å². The Labute approximate surface area is 109 Å². The Kier molecular flexibility index (Phi) is 3.33. The molecular weight excluding hydrogens is 280 g/mol. The standard InChI is InChI=1S/C13H13BrN2O/c1-8-7-10(14)3-5-12(8)17-13-6-4-11(15)9(2)16-13/h3-7H,15H2,1-2H3. The van der Waals surface area contributed by atoms with Gasteiger partial charge in [0.1, 0.15) is 5.75 Å². The molecule has 0 atom stereocenters. The van der Waals surface area contributed by atoms with Crippen molar-refractivity contribution in [2.45, 2.75) is 13.8 Å². The molecule has 0 spiro atoms. The molecule has 2 aromatic rings. The predicted molar refractivity (Wildman–Crippen MR) is 72.3 cm³/mol. The van der Waals surface area contributed by atoms with E-state index in [9.17, 15) is 0 Å². The van der Waals surface area contributed by atoms with Gasteiger partial charge in [0.2, 0.25) is 5.88 Å². The second-order valence-electron chi connectivity index (χ2n) is 3.84. The zero-order valence-corrected chi connectivity index (χ0v) is 11.3. The van der Waals surface area contributed by atoms with Gasteiger partial charge in [0.05, 0.1) is 11.4 Å². The van der Waals surface area contributed by atoms with Crippen LogP contribution in [0.5, 0.6) is 11.6 Å². The molecule has 0 unspecified atom stereocenters. The van der Waals surface area contributed by atoms with E-state index in [-0.39, 0.29) is 0 Å². The summed E-state index contributed by atoms with van der Waals surface area (Å²) in [5, 5.41) is 0. The van der Waals surface area contributed by atoms with Gasteiger partial charge in [-0.3, -0.25) is 0 Å². The van der Waals surface area contributed by atoms with E-state index >= 15 is 0 Å². The summed E-state index contributed by atoms with van der Waals surface area (Å²) in [5.41, 5.74) is 8.21. The van der Waals surface area contributed by atoms with Crippen LogP contribution in [0.3, 0.4) is 0 Å².